The highest BCUT2D eigenvalue weighted by Crippen LogP contribution is 2.28. The number of piperidine rings is 1. The van der Waals surface area contributed by atoms with Gasteiger partial charge in [0.15, 0.2) is 0 Å². The van der Waals surface area contributed by atoms with Gasteiger partial charge in [0.25, 0.3) is 5.91 Å². The number of hydroxylamine groups is 1. The summed E-state index contributed by atoms with van der Waals surface area (Å²) in [6.45, 7) is 2.69. The van der Waals surface area contributed by atoms with Gasteiger partial charge >= 0.3 is 0 Å². The van der Waals surface area contributed by atoms with E-state index >= 15 is 0 Å². The molecular weight excluding hydrogens is 228 g/mol. The molecular formula is C14H18N2O2. The van der Waals surface area contributed by atoms with Crippen molar-refractivity contribution in [3.8, 4) is 0 Å². The lowest BCUT2D eigenvalue weighted by molar-refractivity contribution is -0.119. The van der Waals surface area contributed by atoms with E-state index in [0.29, 0.717) is 18.9 Å². The third-order valence-corrected chi connectivity index (χ3v) is 3.70. The van der Waals surface area contributed by atoms with Crippen LogP contribution in [0, 0.1) is 0 Å². The Hall–Kier alpha value is -1.39. The van der Waals surface area contributed by atoms with E-state index in [1.54, 1.807) is 0 Å². The van der Waals surface area contributed by atoms with E-state index in [9.17, 15) is 4.79 Å². The van der Waals surface area contributed by atoms with Crippen molar-refractivity contribution in [3.05, 3.63) is 29.8 Å². The van der Waals surface area contributed by atoms with Crippen LogP contribution in [0.2, 0.25) is 0 Å². The Labute approximate surface area is 107 Å². The quantitative estimate of drug-likeness (QED) is 0.865. The third kappa shape index (κ3) is 2.26. The standard InChI is InChI=1S/C14H18N2O2/c17-14-7-10-18-16(14)13-3-1-11(2-4-13)12-5-8-15-9-6-12/h1-4,12,15H,5-10H2. The highest BCUT2D eigenvalue weighted by molar-refractivity contribution is 5.92. The molecule has 0 bridgehead atoms. The maximum absolute atomic E-state index is 11.6. The van der Waals surface area contributed by atoms with Crippen molar-refractivity contribution in [1.29, 1.82) is 0 Å². The van der Waals surface area contributed by atoms with Crippen molar-refractivity contribution >= 4 is 11.6 Å². The van der Waals surface area contributed by atoms with E-state index in [4.69, 9.17) is 4.84 Å². The zero-order chi connectivity index (χ0) is 12.4. The molecule has 2 aliphatic heterocycles. The third-order valence-electron chi connectivity index (χ3n) is 3.70. The molecule has 3 rings (SSSR count). The molecule has 4 nitrogen and oxygen atoms in total. The maximum Gasteiger partial charge on any atom is 0.253 e. The SMILES string of the molecule is O=C1CCON1c1ccc(C2CCNCC2)cc1. The number of amides is 1. The van der Waals surface area contributed by atoms with Crippen molar-refractivity contribution < 1.29 is 9.63 Å². The second-order valence-electron chi connectivity index (χ2n) is 4.89. The van der Waals surface area contributed by atoms with Gasteiger partial charge in [-0.1, -0.05) is 12.1 Å². The van der Waals surface area contributed by atoms with Crippen molar-refractivity contribution in [2.75, 3.05) is 24.8 Å². The summed E-state index contributed by atoms with van der Waals surface area (Å²) in [5.41, 5.74) is 2.21. The summed E-state index contributed by atoms with van der Waals surface area (Å²) in [7, 11) is 0. The second kappa shape index (κ2) is 5.08. The minimum Gasteiger partial charge on any atom is -0.317 e. The van der Waals surface area contributed by atoms with Gasteiger partial charge < -0.3 is 5.32 Å². The zero-order valence-electron chi connectivity index (χ0n) is 10.4. The average Bonchev–Trinajstić information content (AvgIpc) is 2.86. The van der Waals surface area contributed by atoms with Crippen molar-refractivity contribution in [2.24, 2.45) is 0 Å². The molecule has 0 radical (unpaired) electrons. The van der Waals surface area contributed by atoms with Crippen molar-refractivity contribution in [1.82, 2.24) is 5.32 Å². The molecule has 0 unspecified atom stereocenters. The first-order valence-electron chi connectivity index (χ1n) is 6.61. The van der Waals surface area contributed by atoms with Gasteiger partial charge in [0.2, 0.25) is 0 Å². The van der Waals surface area contributed by atoms with Crippen LogP contribution in [0.3, 0.4) is 0 Å². The maximum atomic E-state index is 11.6. The van der Waals surface area contributed by atoms with Gasteiger partial charge in [0, 0.05) is 0 Å². The molecule has 0 saturated carbocycles. The summed E-state index contributed by atoms with van der Waals surface area (Å²) in [5.74, 6) is 0.695. The molecule has 1 aromatic carbocycles. The highest BCUT2D eigenvalue weighted by Gasteiger charge is 2.23. The minimum atomic E-state index is 0.0459. The lowest BCUT2D eigenvalue weighted by atomic mass is 9.90. The molecule has 96 valence electrons. The Bertz CT molecular complexity index is 424. The van der Waals surface area contributed by atoms with E-state index in [2.05, 4.69) is 17.4 Å². The van der Waals surface area contributed by atoms with Crippen LogP contribution in [0.15, 0.2) is 24.3 Å². The number of carbonyl (C=O) groups is 1. The van der Waals surface area contributed by atoms with Crippen LogP contribution in [0.4, 0.5) is 5.69 Å². The van der Waals surface area contributed by atoms with Crippen LogP contribution in [0.5, 0.6) is 0 Å². The molecule has 1 amide bonds. The number of benzene rings is 1. The van der Waals surface area contributed by atoms with Gasteiger partial charge in [-0.15, -0.1) is 0 Å². The Balaban J connectivity index is 1.74. The Morgan fingerprint density at radius 2 is 1.89 bits per heavy atom. The number of anilines is 1. The highest BCUT2D eigenvalue weighted by atomic mass is 16.7. The molecule has 2 saturated heterocycles. The number of hydrogen-bond acceptors (Lipinski definition) is 3. The molecule has 1 N–H and O–H groups in total. The fraction of sp³-hybridized carbons (Fsp3) is 0.500. The molecule has 2 aliphatic rings. The van der Waals surface area contributed by atoms with Gasteiger partial charge in [0.05, 0.1) is 18.7 Å². The van der Waals surface area contributed by atoms with Crippen molar-refractivity contribution in [2.45, 2.75) is 25.2 Å². The van der Waals surface area contributed by atoms with Crippen LogP contribution in [-0.4, -0.2) is 25.6 Å². The van der Waals surface area contributed by atoms with Crippen LogP contribution >= 0.6 is 0 Å². The van der Waals surface area contributed by atoms with Gasteiger partial charge in [-0.25, -0.2) is 0 Å². The summed E-state index contributed by atoms with van der Waals surface area (Å²) in [6.07, 6.45) is 2.87. The summed E-state index contributed by atoms with van der Waals surface area (Å²) in [5, 5.41) is 4.78. The van der Waals surface area contributed by atoms with Gasteiger partial charge in [-0.2, -0.15) is 5.06 Å². The monoisotopic (exact) mass is 246 g/mol. The first-order valence-corrected chi connectivity index (χ1v) is 6.61. The first-order chi connectivity index (χ1) is 8.84. The molecule has 18 heavy (non-hydrogen) atoms. The minimum absolute atomic E-state index is 0.0459. The number of carbonyl (C=O) groups excluding carboxylic acids is 1. The lowest BCUT2D eigenvalue weighted by Crippen LogP contribution is -2.26. The smallest absolute Gasteiger partial charge is 0.253 e. The number of nitrogens with one attached hydrogen (secondary N) is 1. The van der Waals surface area contributed by atoms with Gasteiger partial charge in [-0.3, -0.25) is 9.63 Å². The predicted octanol–water partition coefficient (Wildman–Crippen LogP) is 1.82. The van der Waals surface area contributed by atoms with E-state index in [1.807, 2.05) is 12.1 Å². The average molecular weight is 246 g/mol. The Morgan fingerprint density at radius 1 is 1.17 bits per heavy atom. The molecule has 2 heterocycles. The topological polar surface area (TPSA) is 41.6 Å². The molecule has 0 atom stereocenters. The van der Waals surface area contributed by atoms with E-state index in [-0.39, 0.29) is 5.91 Å². The van der Waals surface area contributed by atoms with Gasteiger partial charge in [-0.05, 0) is 49.5 Å². The van der Waals surface area contributed by atoms with E-state index in [1.165, 1.54) is 23.5 Å². The summed E-state index contributed by atoms with van der Waals surface area (Å²) >= 11 is 0. The summed E-state index contributed by atoms with van der Waals surface area (Å²) < 4.78 is 0. The fourth-order valence-corrected chi connectivity index (χ4v) is 2.65. The number of hydrogen-bond donors (Lipinski definition) is 1. The molecule has 0 aromatic heterocycles. The van der Waals surface area contributed by atoms with E-state index < -0.39 is 0 Å². The van der Waals surface area contributed by atoms with Crippen molar-refractivity contribution in [3.63, 3.8) is 0 Å². The lowest BCUT2D eigenvalue weighted by Gasteiger charge is -2.23. The Kier molecular flexibility index (Phi) is 3.30. The molecule has 0 spiro atoms. The van der Waals surface area contributed by atoms with Crippen LogP contribution in [-0.2, 0) is 9.63 Å². The summed E-state index contributed by atoms with van der Waals surface area (Å²) in [6, 6.07) is 8.22. The molecule has 0 aliphatic carbocycles. The fourth-order valence-electron chi connectivity index (χ4n) is 2.65. The van der Waals surface area contributed by atoms with E-state index in [0.717, 1.165) is 18.8 Å². The van der Waals surface area contributed by atoms with Crippen LogP contribution in [0.1, 0.15) is 30.7 Å². The second-order valence-corrected chi connectivity index (χ2v) is 4.89. The molecule has 2 fully saturated rings. The zero-order valence-corrected chi connectivity index (χ0v) is 10.4. The number of rotatable bonds is 2. The Morgan fingerprint density at radius 3 is 2.50 bits per heavy atom. The molecule has 4 heteroatoms. The summed E-state index contributed by atoms with van der Waals surface area (Å²) in [4.78, 5) is 16.9. The largest absolute Gasteiger partial charge is 0.317 e. The van der Waals surface area contributed by atoms with Crippen LogP contribution < -0.4 is 10.4 Å². The normalized spacial score (nSPS) is 21.6. The number of nitrogens with zero attached hydrogens (tertiary/aromatic N) is 1. The molecule has 1 aromatic rings. The van der Waals surface area contributed by atoms with Crippen LogP contribution in [0.25, 0.3) is 0 Å². The van der Waals surface area contributed by atoms with Gasteiger partial charge in [0.1, 0.15) is 0 Å². The predicted molar refractivity (Wildman–Crippen MR) is 69.3 cm³/mol. The first kappa shape index (κ1) is 11.7.